The SMILES string of the molecule is CCC(CC)C(=O)/C=C(\O)C(CC)CC.Cc1c(-c2ccc(C3CCC(C)(C)CC3)cc2)[te]c2c(-c3[c-]c4ccccc4c(C(C)(C)C)c3)nccc12.[Ir]. The molecule has 0 atom stereocenters. The summed E-state index contributed by atoms with van der Waals surface area (Å²) < 4.78 is 3.03. The van der Waals surface area contributed by atoms with E-state index in [1.165, 1.54) is 73.6 Å². The van der Waals surface area contributed by atoms with Crippen LogP contribution in [-0.2, 0) is 30.3 Å². The van der Waals surface area contributed by atoms with Crippen LogP contribution < -0.4 is 0 Å². The quantitative estimate of drug-likeness (QED) is 0.0656. The van der Waals surface area contributed by atoms with E-state index in [0.717, 1.165) is 42.9 Å². The van der Waals surface area contributed by atoms with Crippen LogP contribution in [0.15, 0.2) is 78.7 Å². The monoisotopic (exact) mass is 1020 g/mol. The third-order valence-electron chi connectivity index (χ3n) is 11.8. The summed E-state index contributed by atoms with van der Waals surface area (Å²) >= 11 is -0.562. The number of aromatic nitrogens is 1. The van der Waals surface area contributed by atoms with Gasteiger partial charge in [-0.25, -0.2) is 0 Å². The zero-order valence-corrected chi connectivity index (χ0v) is 39.1. The van der Waals surface area contributed by atoms with Crippen molar-refractivity contribution in [3.05, 3.63) is 101 Å². The van der Waals surface area contributed by atoms with E-state index in [9.17, 15) is 9.90 Å². The number of hydrogen-bond donors (Lipinski definition) is 1. The maximum absolute atomic E-state index is 11.7. The van der Waals surface area contributed by atoms with Gasteiger partial charge in [0.15, 0.2) is 5.78 Å². The summed E-state index contributed by atoms with van der Waals surface area (Å²) in [6.07, 6.45) is 12.2. The molecule has 1 fully saturated rings. The van der Waals surface area contributed by atoms with E-state index in [0.29, 0.717) is 5.41 Å². The van der Waals surface area contributed by atoms with Crippen LogP contribution in [-0.4, -0.2) is 36.3 Å². The average molecular weight is 1020 g/mol. The minimum Gasteiger partial charge on any atom is 0 e. The third-order valence-corrected chi connectivity index (χ3v) is 15.6. The Balaban J connectivity index is 0.000000347. The van der Waals surface area contributed by atoms with E-state index in [2.05, 4.69) is 108 Å². The van der Waals surface area contributed by atoms with Gasteiger partial charge in [0.1, 0.15) is 0 Å². The van der Waals surface area contributed by atoms with Crippen molar-refractivity contribution in [3.8, 4) is 20.4 Å². The number of carbonyl (C=O) groups is 1. The van der Waals surface area contributed by atoms with Crippen molar-refractivity contribution in [1.82, 2.24) is 4.98 Å². The van der Waals surface area contributed by atoms with Gasteiger partial charge in [0.05, 0.1) is 5.76 Å². The molecule has 5 heteroatoms. The fraction of sp³-hybridized carbons (Fsp3) is 0.469. The second kappa shape index (κ2) is 19.1. The van der Waals surface area contributed by atoms with Crippen molar-refractivity contribution in [2.45, 2.75) is 132 Å². The minimum absolute atomic E-state index is 0. The molecule has 5 aromatic rings. The summed E-state index contributed by atoms with van der Waals surface area (Å²) in [4.78, 5) is 16.7. The first-order chi connectivity index (χ1) is 25.2. The molecular weight excluding hydrogens is 954 g/mol. The summed E-state index contributed by atoms with van der Waals surface area (Å²) in [5, 5.41) is 13.6. The molecular formula is C49H62IrNO2Te-. The minimum atomic E-state index is -0.562. The summed E-state index contributed by atoms with van der Waals surface area (Å²) in [6, 6.07) is 26.6. The normalized spacial score (nSPS) is 15.0. The largest absolute Gasteiger partial charge is 0 e. The maximum Gasteiger partial charge on any atom is 0 e. The van der Waals surface area contributed by atoms with Crippen LogP contribution in [0.4, 0.5) is 0 Å². The van der Waals surface area contributed by atoms with Crippen LogP contribution >= 0.6 is 0 Å². The molecule has 0 spiro atoms. The zero-order valence-electron chi connectivity index (χ0n) is 34.4. The molecule has 2 aromatic heterocycles. The topological polar surface area (TPSA) is 50.2 Å². The average Bonchev–Trinajstić information content (AvgIpc) is 3.48. The predicted molar refractivity (Wildman–Crippen MR) is 228 cm³/mol. The Hall–Kier alpha value is -2.54. The van der Waals surface area contributed by atoms with Gasteiger partial charge in [-0.2, -0.15) is 0 Å². The smallest absolute Gasteiger partial charge is 0 e. The van der Waals surface area contributed by atoms with E-state index >= 15 is 0 Å². The molecule has 0 aliphatic heterocycles. The van der Waals surface area contributed by atoms with Crippen LogP contribution in [0, 0.1) is 30.2 Å². The van der Waals surface area contributed by atoms with Gasteiger partial charge in [0.25, 0.3) is 0 Å². The van der Waals surface area contributed by atoms with Gasteiger partial charge >= 0.3 is 239 Å². The number of carbonyl (C=O) groups excluding carboxylic acids is 1. The molecule has 2 heterocycles. The Morgan fingerprint density at radius 1 is 0.926 bits per heavy atom. The van der Waals surface area contributed by atoms with Crippen molar-refractivity contribution < 1.29 is 30.0 Å². The van der Waals surface area contributed by atoms with Gasteiger partial charge in [0, 0.05) is 38.0 Å². The number of aliphatic hydroxyl groups excluding tert-OH is 1. The van der Waals surface area contributed by atoms with Gasteiger partial charge in [-0.15, -0.1) is 0 Å². The van der Waals surface area contributed by atoms with Gasteiger partial charge in [-0.3, -0.25) is 4.79 Å². The molecule has 3 nitrogen and oxygen atoms in total. The second-order valence-electron chi connectivity index (χ2n) is 17.0. The fourth-order valence-electron chi connectivity index (χ4n) is 8.01. The molecule has 0 bridgehead atoms. The Morgan fingerprint density at radius 3 is 2.13 bits per heavy atom. The first kappa shape index (κ1) is 44.2. The van der Waals surface area contributed by atoms with Crippen molar-refractivity contribution in [2.75, 3.05) is 0 Å². The first-order valence-corrected chi connectivity index (χ1v) is 22.4. The third kappa shape index (κ3) is 10.2. The predicted octanol–water partition coefficient (Wildman–Crippen LogP) is 13.7. The fourth-order valence-corrected chi connectivity index (χ4v) is 11.8. The van der Waals surface area contributed by atoms with Gasteiger partial charge in [-0.1, -0.05) is 27.7 Å². The van der Waals surface area contributed by atoms with Crippen molar-refractivity contribution in [2.24, 2.45) is 17.3 Å². The first-order valence-electron chi connectivity index (χ1n) is 20.1. The molecule has 3 aromatic carbocycles. The van der Waals surface area contributed by atoms with Crippen LogP contribution in [0.1, 0.15) is 136 Å². The number of rotatable bonds is 10. The Bertz CT molecular complexity index is 2030. The molecule has 1 aliphatic rings. The van der Waals surface area contributed by atoms with E-state index < -0.39 is 20.4 Å². The van der Waals surface area contributed by atoms with Crippen LogP contribution in [0.3, 0.4) is 0 Å². The molecule has 0 saturated heterocycles. The molecule has 1 saturated carbocycles. The number of nitrogens with zero attached hydrogens (tertiary/aromatic N) is 1. The molecule has 6 rings (SSSR count). The number of pyridine rings is 1. The number of hydrogen-bond acceptors (Lipinski definition) is 3. The molecule has 54 heavy (non-hydrogen) atoms. The zero-order chi connectivity index (χ0) is 38.5. The summed E-state index contributed by atoms with van der Waals surface area (Å²) in [5.74, 6) is 1.27. The van der Waals surface area contributed by atoms with E-state index in [1.54, 1.807) is 3.58 Å². The number of aliphatic hydroxyl groups is 1. The number of benzene rings is 3. The maximum atomic E-state index is 11.7. The van der Waals surface area contributed by atoms with Crippen LogP contribution in [0.25, 0.3) is 40.0 Å². The Labute approximate surface area is 349 Å². The summed E-state index contributed by atoms with van der Waals surface area (Å²) in [6.45, 7) is 22.1. The molecule has 1 aliphatic carbocycles. The van der Waals surface area contributed by atoms with Gasteiger partial charge in [-0.05, 0) is 25.7 Å². The molecule has 1 radical (unpaired) electrons. The number of aryl methyl sites for hydroxylation is 1. The molecule has 0 amide bonds. The Kier molecular flexibility index (Phi) is 15.6. The van der Waals surface area contributed by atoms with Crippen molar-refractivity contribution in [3.63, 3.8) is 0 Å². The van der Waals surface area contributed by atoms with Crippen molar-refractivity contribution in [1.29, 1.82) is 0 Å². The van der Waals surface area contributed by atoms with E-state index in [1.807, 2.05) is 33.9 Å². The summed E-state index contributed by atoms with van der Waals surface area (Å²) in [7, 11) is 0. The number of ketones is 1. The number of fused-ring (bicyclic) bond motifs is 2. The standard InChI is InChI=1S/C36H38NTe.C13H24O2.Ir/c1-23-29-17-20-37-32(28-21-27-9-7-8-10-30(27)31(22-28)35(2,3)4)34(29)38-33(23)26-13-11-24(12-14-26)25-15-18-36(5,6)19-16-25;1-5-10(6-2)12(14)9-13(15)11(7-3)8-4;/h7-14,17,20,22,25H,15-16,18-19H2,1-6H3;9-11,14H,5-8H2,1-4H3;/q-1;;/b;12-9-;. The molecule has 291 valence electrons. The second-order valence-corrected chi connectivity index (χ2v) is 20.0. The van der Waals surface area contributed by atoms with Crippen LogP contribution in [0.5, 0.6) is 0 Å². The van der Waals surface area contributed by atoms with Crippen molar-refractivity contribution >= 4 is 45.8 Å². The Morgan fingerprint density at radius 2 is 1.54 bits per heavy atom. The van der Waals surface area contributed by atoms with Gasteiger partial charge < -0.3 is 5.11 Å². The molecule has 1 N–H and O–H groups in total. The number of allylic oxidation sites excluding steroid dienone is 2. The molecule has 0 unspecified atom stereocenters. The van der Waals surface area contributed by atoms with Gasteiger partial charge in [0.2, 0.25) is 0 Å². The summed E-state index contributed by atoms with van der Waals surface area (Å²) in [5.41, 5.74) is 8.58. The van der Waals surface area contributed by atoms with E-state index in [4.69, 9.17) is 4.98 Å². The van der Waals surface area contributed by atoms with E-state index in [-0.39, 0.29) is 48.9 Å². The van der Waals surface area contributed by atoms with Crippen LogP contribution in [0.2, 0.25) is 0 Å².